The van der Waals surface area contributed by atoms with E-state index >= 15 is 0 Å². The number of aryl methyl sites for hydroxylation is 4. The molecule has 6 aromatic rings. The number of benzene rings is 2. The first kappa shape index (κ1) is 52.3. The normalized spacial score (nSPS) is 13.8. The van der Waals surface area contributed by atoms with Crippen LogP contribution < -0.4 is 26.7 Å². The number of amides is 2. The average molecular weight is 953 g/mol. The van der Waals surface area contributed by atoms with Crippen molar-refractivity contribution in [1.82, 2.24) is 60.1 Å². The van der Waals surface area contributed by atoms with Gasteiger partial charge in [0, 0.05) is 45.1 Å². The summed E-state index contributed by atoms with van der Waals surface area (Å²) in [5.41, 5.74) is 5.81. The molecule has 20 nitrogen and oxygen atoms in total. The van der Waals surface area contributed by atoms with Gasteiger partial charge in [-0.05, 0) is 128 Å². The van der Waals surface area contributed by atoms with Gasteiger partial charge < -0.3 is 40.0 Å². The minimum absolute atomic E-state index is 0.159. The standard InChI is InChI=1S/C20H25N7O2.C19H30BNO4.C7H7ClN6/c1-13-8-14(6-7-15(13)9-21-19(28)29-20(2,3)4)17-22-12-23-18(26-17)25-16-10-24-27(5)11-16;1-13-11-15(20-24-18(5,6)19(7,8)25-20)10-9-14(13)12-21-16(22)23-17(2,3)4;1-14-3-5(2-11-14)12-7-10-4-9-6(8)13-7/h6-8,10-12H,9H2,1-5H3,(H,21,28)(H,22,23,25,26);9-11H,12H2,1-8H3,(H,21,22);2-4H,1H3,(H,9,10,12,13). The zero-order valence-electron chi connectivity index (χ0n) is 41.2. The summed E-state index contributed by atoms with van der Waals surface area (Å²) in [5, 5.41) is 19.9. The molecule has 0 saturated carbocycles. The SMILES string of the molecule is Cc1cc(-c2ncnc(Nc3cnn(C)c3)n2)ccc1CNC(=O)OC(C)(C)C.Cc1cc(B2OC(C)(C)C(C)(C)O2)ccc1CNC(=O)OC(C)(C)C.Cn1cc(Nc2ncnc(Cl)n2)cn1. The molecule has 22 heteroatoms. The van der Waals surface area contributed by atoms with Gasteiger partial charge in [0.15, 0.2) is 5.82 Å². The molecule has 1 aliphatic heterocycles. The number of hydrogen-bond acceptors (Lipinski definition) is 16. The Bertz CT molecular complexity index is 2650. The quantitative estimate of drug-likeness (QED) is 0.0965. The molecule has 0 spiro atoms. The minimum atomic E-state index is -0.525. The molecule has 2 aromatic carbocycles. The van der Waals surface area contributed by atoms with Crippen LogP contribution in [-0.2, 0) is 46.0 Å². The van der Waals surface area contributed by atoms with Crippen LogP contribution in [0.2, 0.25) is 5.28 Å². The van der Waals surface area contributed by atoms with Crippen molar-refractivity contribution in [3.63, 3.8) is 0 Å². The molecule has 0 radical (unpaired) electrons. The van der Waals surface area contributed by atoms with Gasteiger partial charge in [-0.1, -0.05) is 30.3 Å². The fourth-order valence-corrected chi connectivity index (χ4v) is 6.23. The van der Waals surface area contributed by atoms with Crippen molar-refractivity contribution in [2.45, 2.75) is 119 Å². The van der Waals surface area contributed by atoms with Gasteiger partial charge in [-0.2, -0.15) is 20.2 Å². The van der Waals surface area contributed by atoms with Gasteiger partial charge >= 0.3 is 19.3 Å². The third kappa shape index (κ3) is 16.0. The molecule has 0 bridgehead atoms. The Morgan fingerprint density at radius 1 is 0.691 bits per heavy atom. The number of anilines is 4. The van der Waals surface area contributed by atoms with Crippen LogP contribution in [0.25, 0.3) is 11.4 Å². The molecule has 1 saturated heterocycles. The summed E-state index contributed by atoms with van der Waals surface area (Å²) in [4.78, 5) is 48.0. The highest BCUT2D eigenvalue weighted by atomic mass is 35.5. The molecule has 5 heterocycles. The van der Waals surface area contributed by atoms with Gasteiger partial charge in [-0.25, -0.2) is 29.5 Å². The van der Waals surface area contributed by atoms with Crippen molar-refractivity contribution >= 4 is 59.6 Å². The third-order valence-corrected chi connectivity index (χ3v) is 10.4. The highest BCUT2D eigenvalue weighted by molar-refractivity contribution is 6.62. The highest BCUT2D eigenvalue weighted by Gasteiger charge is 2.51. The first-order valence-corrected chi connectivity index (χ1v) is 22.2. The number of nitrogens with zero attached hydrogens (tertiary/aromatic N) is 10. The Labute approximate surface area is 402 Å². The summed E-state index contributed by atoms with van der Waals surface area (Å²) in [6, 6.07) is 11.9. The van der Waals surface area contributed by atoms with Gasteiger partial charge in [0.1, 0.15) is 23.9 Å². The van der Waals surface area contributed by atoms with Crippen LogP contribution in [0.5, 0.6) is 0 Å². The molecular weight excluding hydrogens is 891 g/mol. The van der Waals surface area contributed by atoms with E-state index in [2.05, 4.69) is 61.4 Å². The van der Waals surface area contributed by atoms with Crippen LogP contribution >= 0.6 is 11.6 Å². The Morgan fingerprint density at radius 3 is 1.60 bits per heavy atom. The molecule has 0 atom stereocenters. The van der Waals surface area contributed by atoms with Crippen LogP contribution in [-0.4, -0.2) is 91.2 Å². The number of halogens is 1. The number of aromatic nitrogens is 10. The molecule has 1 fully saturated rings. The number of rotatable bonds is 10. The second-order valence-corrected chi connectivity index (χ2v) is 19.2. The summed E-state index contributed by atoms with van der Waals surface area (Å²) < 4.78 is 26.1. The molecule has 4 N–H and O–H groups in total. The van der Waals surface area contributed by atoms with Crippen molar-refractivity contribution in [2.75, 3.05) is 10.6 Å². The summed E-state index contributed by atoms with van der Waals surface area (Å²) in [6.45, 7) is 24.0. The largest absolute Gasteiger partial charge is 0.494 e. The average Bonchev–Trinajstić information content (AvgIpc) is 3.90. The molecule has 0 aliphatic carbocycles. The third-order valence-electron chi connectivity index (χ3n) is 10.2. The predicted octanol–water partition coefficient (Wildman–Crippen LogP) is 7.67. The van der Waals surface area contributed by atoms with E-state index in [-0.39, 0.29) is 23.6 Å². The number of ether oxygens (including phenoxy) is 2. The van der Waals surface area contributed by atoms with E-state index in [1.54, 1.807) is 28.0 Å². The lowest BCUT2D eigenvalue weighted by atomic mass is 9.78. The summed E-state index contributed by atoms with van der Waals surface area (Å²) >= 11 is 5.59. The van der Waals surface area contributed by atoms with Gasteiger partial charge in [-0.15, -0.1) is 0 Å². The Balaban J connectivity index is 0.000000201. The van der Waals surface area contributed by atoms with Crippen LogP contribution in [0.3, 0.4) is 0 Å². The lowest BCUT2D eigenvalue weighted by Gasteiger charge is -2.32. The maximum absolute atomic E-state index is 11.8. The number of alkyl carbamates (subject to hydrolysis) is 2. The molecule has 0 unspecified atom stereocenters. The van der Waals surface area contributed by atoms with Crippen molar-refractivity contribution in [3.8, 4) is 11.4 Å². The molecule has 1 aliphatic rings. The summed E-state index contributed by atoms with van der Waals surface area (Å²) in [5.74, 6) is 1.40. The molecule has 2 amide bonds. The maximum Gasteiger partial charge on any atom is 0.494 e. The molecule has 4 aromatic heterocycles. The second kappa shape index (κ2) is 21.9. The van der Waals surface area contributed by atoms with E-state index in [9.17, 15) is 9.59 Å². The van der Waals surface area contributed by atoms with Crippen molar-refractivity contribution in [3.05, 3.63) is 101 Å². The van der Waals surface area contributed by atoms with Gasteiger partial charge in [0.25, 0.3) is 0 Å². The van der Waals surface area contributed by atoms with E-state index in [4.69, 9.17) is 30.4 Å². The Kier molecular flexibility index (Phi) is 16.9. The predicted molar refractivity (Wildman–Crippen MR) is 261 cm³/mol. The number of carbonyl (C=O) groups is 2. The van der Waals surface area contributed by atoms with Gasteiger partial charge in [0.2, 0.25) is 17.2 Å². The Hall–Kier alpha value is -6.71. The minimum Gasteiger partial charge on any atom is -0.444 e. The van der Waals surface area contributed by atoms with Crippen LogP contribution in [0.1, 0.15) is 91.5 Å². The lowest BCUT2D eigenvalue weighted by Crippen LogP contribution is -2.41. The lowest BCUT2D eigenvalue weighted by molar-refractivity contribution is 0.00578. The number of carbonyl (C=O) groups excluding carboxylic acids is 2. The van der Waals surface area contributed by atoms with Gasteiger partial charge in [0.05, 0.1) is 35.0 Å². The molecule has 7 rings (SSSR count). The van der Waals surface area contributed by atoms with Crippen LogP contribution in [0.4, 0.5) is 32.9 Å². The fraction of sp³-hybridized carbons (Fsp3) is 0.435. The van der Waals surface area contributed by atoms with E-state index < -0.39 is 23.4 Å². The zero-order valence-corrected chi connectivity index (χ0v) is 42.0. The monoisotopic (exact) mass is 952 g/mol. The van der Waals surface area contributed by atoms with E-state index in [0.29, 0.717) is 30.8 Å². The highest BCUT2D eigenvalue weighted by Crippen LogP contribution is 2.36. The molecular formula is C46H62BClN14O6. The first-order valence-electron chi connectivity index (χ1n) is 21.8. The van der Waals surface area contributed by atoms with E-state index in [1.165, 1.54) is 12.7 Å². The van der Waals surface area contributed by atoms with Gasteiger partial charge in [-0.3, -0.25) is 9.36 Å². The smallest absolute Gasteiger partial charge is 0.444 e. The van der Waals surface area contributed by atoms with Crippen molar-refractivity contribution in [2.24, 2.45) is 14.1 Å². The van der Waals surface area contributed by atoms with Crippen LogP contribution in [0, 0.1) is 13.8 Å². The zero-order chi connectivity index (χ0) is 50.0. The second-order valence-electron chi connectivity index (χ2n) is 18.9. The first-order chi connectivity index (χ1) is 31.7. The molecule has 362 valence electrons. The van der Waals surface area contributed by atoms with E-state index in [1.807, 2.05) is 140 Å². The Morgan fingerprint density at radius 2 is 1.16 bits per heavy atom. The van der Waals surface area contributed by atoms with Crippen molar-refractivity contribution in [1.29, 1.82) is 0 Å². The number of nitrogens with one attached hydrogen (secondary N) is 4. The topological polar surface area (TPSA) is 232 Å². The summed E-state index contributed by atoms with van der Waals surface area (Å²) in [7, 11) is 3.29. The molecule has 68 heavy (non-hydrogen) atoms. The maximum atomic E-state index is 11.8. The van der Waals surface area contributed by atoms with E-state index in [0.717, 1.165) is 44.7 Å². The van der Waals surface area contributed by atoms with Crippen LogP contribution in [0.15, 0.2) is 73.8 Å². The fourth-order valence-electron chi connectivity index (χ4n) is 6.10. The summed E-state index contributed by atoms with van der Waals surface area (Å²) in [6.07, 6.45) is 8.95. The number of hydrogen-bond donors (Lipinski definition) is 4. The van der Waals surface area contributed by atoms with Crippen molar-refractivity contribution < 1.29 is 28.4 Å².